The van der Waals surface area contributed by atoms with Gasteiger partial charge in [-0.15, -0.1) is 0 Å². The number of piperazine rings is 1. The zero-order chi connectivity index (χ0) is 10.8. The molecule has 0 spiro atoms. The van der Waals surface area contributed by atoms with Gasteiger partial charge in [0.2, 0.25) is 0 Å². The van der Waals surface area contributed by atoms with Crippen LogP contribution in [0.25, 0.3) is 0 Å². The number of pyridine rings is 1. The molecule has 0 aliphatic carbocycles. The van der Waals surface area contributed by atoms with Gasteiger partial charge in [-0.1, -0.05) is 0 Å². The molecule has 0 atom stereocenters. The Hall–Kier alpha value is -1.13. The van der Waals surface area contributed by atoms with E-state index in [4.69, 9.17) is 4.74 Å². The molecule has 3 heterocycles. The number of hydrogen-bond donors (Lipinski definition) is 0. The van der Waals surface area contributed by atoms with Crippen molar-refractivity contribution in [2.45, 2.75) is 6.04 Å². The van der Waals surface area contributed by atoms with Gasteiger partial charge < -0.3 is 9.64 Å². The lowest BCUT2D eigenvalue weighted by atomic mass is 10.2. The van der Waals surface area contributed by atoms with Crippen LogP contribution in [0.4, 0.5) is 5.82 Å². The first-order valence-electron chi connectivity index (χ1n) is 5.82. The van der Waals surface area contributed by atoms with Crippen molar-refractivity contribution in [3.05, 3.63) is 24.4 Å². The predicted octanol–water partition coefficient (Wildman–Crippen LogP) is 0.403. The topological polar surface area (TPSA) is 28.6 Å². The predicted molar refractivity (Wildman–Crippen MR) is 61.5 cm³/mol. The van der Waals surface area contributed by atoms with Gasteiger partial charge in [0.1, 0.15) is 5.82 Å². The van der Waals surface area contributed by atoms with E-state index >= 15 is 0 Å². The van der Waals surface area contributed by atoms with Crippen LogP contribution in [0.5, 0.6) is 0 Å². The maximum Gasteiger partial charge on any atom is 0.129 e. The van der Waals surface area contributed by atoms with Crippen molar-refractivity contribution in [1.82, 2.24) is 9.88 Å². The molecule has 0 bridgehead atoms. The Bertz CT molecular complexity index is 331. The van der Waals surface area contributed by atoms with E-state index in [-0.39, 0.29) is 0 Å². The highest BCUT2D eigenvalue weighted by molar-refractivity contribution is 5.37. The maximum atomic E-state index is 5.23. The summed E-state index contributed by atoms with van der Waals surface area (Å²) in [6, 6.07) is 7.54. The van der Waals surface area contributed by atoms with Crippen molar-refractivity contribution in [2.75, 3.05) is 44.3 Å². The minimum Gasteiger partial charge on any atom is -0.378 e. The van der Waals surface area contributed by atoms with Gasteiger partial charge in [-0.25, -0.2) is 4.98 Å². The number of aromatic nitrogens is 1. The van der Waals surface area contributed by atoms with E-state index in [0.29, 0.717) is 6.04 Å². The first-order chi connectivity index (χ1) is 7.93. The minimum atomic E-state index is 0.664. The van der Waals surface area contributed by atoms with E-state index in [2.05, 4.69) is 20.9 Å². The Morgan fingerprint density at radius 2 is 2.06 bits per heavy atom. The number of anilines is 1. The van der Waals surface area contributed by atoms with Crippen LogP contribution in [-0.2, 0) is 4.74 Å². The van der Waals surface area contributed by atoms with Crippen LogP contribution in [0.15, 0.2) is 18.3 Å². The summed E-state index contributed by atoms with van der Waals surface area (Å²) in [4.78, 5) is 9.20. The molecule has 4 nitrogen and oxygen atoms in total. The first kappa shape index (κ1) is 10.1. The molecule has 85 valence electrons. The molecule has 0 amide bonds. The van der Waals surface area contributed by atoms with Crippen molar-refractivity contribution in [2.24, 2.45) is 0 Å². The fourth-order valence-electron chi connectivity index (χ4n) is 2.24. The van der Waals surface area contributed by atoms with E-state index in [9.17, 15) is 0 Å². The van der Waals surface area contributed by atoms with Crippen molar-refractivity contribution >= 4 is 5.82 Å². The number of nitrogens with zero attached hydrogens (tertiary/aromatic N) is 3. The van der Waals surface area contributed by atoms with Crippen molar-refractivity contribution < 1.29 is 4.74 Å². The zero-order valence-corrected chi connectivity index (χ0v) is 9.30. The van der Waals surface area contributed by atoms with Crippen LogP contribution in [0.2, 0.25) is 0 Å². The molecule has 4 heteroatoms. The fraction of sp³-hybridized carbons (Fsp3) is 0.583. The third kappa shape index (κ3) is 1.90. The van der Waals surface area contributed by atoms with E-state index in [0.717, 1.165) is 45.2 Å². The molecule has 16 heavy (non-hydrogen) atoms. The summed E-state index contributed by atoms with van der Waals surface area (Å²) in [7, 11) is 0. The summed E-state index contributed by atoms with van der Waals surface area (Å²) in [5, 5.41) is 0. The first-order valence-corrected chi connectivity index (χ1v) is 5.82. The zero-order valence-electron chi connectivity index (χ0n) is 9.30. The summed E-state index contributed by atoms with van der Waals surface area (Å²) >= 11 is 0. The summed E-state index contributed by atoms with van der Waals surface area (Å²) in [6.07, 6.45) is 1.81. The lowest BCUT2D eigenvalue weighted by molar-refractivity contribution is -0.0661. The van der Waals surface area contributed by atoms with Gasteiger partial charge in [0, 0.05) is 32.4 Å². The Kier molecular flexibility index (Phi) is 2.76. The molecule has 2 saturated heterocycles. The Labute approximate surface area is 95.8 Å². The van der Waals surface area contributed by atoms with Gasteiger partial charge >= 0.3 is 0 Å². The second-order valence-electron chi connectivity index (χ2n) is 4.33. The summed E-state index contributed by atoms with van der Waals surface area (Å²) in [5.41, 5.74) is 0. The summed E-state index contributed by atoms with van der Waals surface area (Å²) in [5.74, 6) is 1.05. The van der Waals surface area contributed by atoms with Crippen LogP contribution in [-0.4, -0.2) is 55.3 Å². The number of ether oxygens (including phenoxy) is 1. The standard InChI is InChI=1S/C12H16N3O/c1-2-4-13-12(3-1)15-7-5-14(6-8-15)11-9-16-10-11/h2-4,11H,5-10H2. The van der Waals surface area contributed by atoms with E-state index in [1.165, 1.54) is 0 Å². The quantitative estimate of drug-likeness (QED) is 0.718. The van der Waals surface area contributed by atoms with Crippen LogP contribution >= 0.6 is 0 Å². The van der Waals surface area contributed by atoms with E-state index in [1.54, 1.807) is 0 Å². The summed E-state index contributed by atoms with van der Waals surface area (Å²) < 4.78 is 5.23. The highest BCUT2D eigenvalue weighted by Gasteiger charge is 2.28. The third-order valence-electron chi connectivity index (χ3n) is 3.37. The van der Waals surface area contributed by atoms with Crippen LogP contribution < -0.4 is 4.90 Å². The average Bonchev–Trinajstić information content (AvgIpc) is 2.29. The van der Waals surface area contributed by atoms with Crippen molar-refractivity contribution in [1.29, 1.82) is 0 Å². The lowest BCUT2D eigenvalue weighted by Gasteiger charge is -2.42. The van der Waals surface area contributed by atoms with Crippen molar-refractivity contribution in [3.8, 4) is 0 Å². The molecule has 3 rings (SSSR count). The highest BCUT2D eigenvalue weighted by Crippen LogP contribution is 2.16. The molecular formula is C12H16N3O. The van der Waals surface area contributed by atoms with Gasteiger partial charge in [0.05, 0.1) is 19.3 Å². The molecule has 0 saturated carbocycles. The Morgan fingerprint density at radius 3 is 2.62 bits per heavy atom. The second kappa shape index (κ2) is 4.39. The molecule has 0 N–H and O–H groups in total. The Morgan fingerprint density at radius 1 is 1.25 bits per heavy atom. The van der Waals surface area contributed by atoms with Gasteiger partial charge in [-0.05, 0) is 18.2 Å². The molecule has 1 aromatic heterocycles. The normalized spacial score (nSPS) is 23.1. The monoisotopic (exact) mass is 218 g/mol. The molecule has 1 aromatic rings. The van der Waals surface area contributed by atoms with E-state index < -0.39 is 0 Å². The molecular weight excluding hydrogens is 202 g/mol. The molecule has 2 fully saturated rings. The molecule has 0 unspecified atom stereocenters. The van der Waals surface area contributed by atoms with Crippen LogP contribution in [0, 0.1) is 6.07 Å². The van der Waals surface area contributed by atoms with Crippen LogP contribution in [0.1, 0.15) is 0 Å². The third-order valence-corrected chi connectivity index (χ3v) is 3.37. The highest BCUT2D eigenvalue weighted by atomic mass is 16.5. The SMILES string of the molecule is [c]1ccnc(N2CCN(C3COC3)CC2)c1. The minimum absolute atomic E-state index is 0.664. The van der Waals surface area contributed by atoms with Crippen molar-refractivity contribution in [3.63, 3.8) is 0 Å². The van der Waals surface area contributed by atoms with Gasteiger partial charge in [0.25, 0.3) is 0 Å². The molecule has 1 radical (unpaired) electrons. The number of hydrogen-bond acceptors (Lipinski definition) is 4. The lowest BCUT2D eigenvalue weighted by Crippen LogP contribution is -2.56. The average molecular weight is 218 g/mol. The fourth-order valence-corrected chi connectivity index (χ4v) is 2.24. The smallest absolute Gasteiger partial charge is 0.129 e. The maximum absolute atomic E-state index is 5.23. The second-order valence-corrected chi connectivity index (χ2v) is 4.33. The van der Waals surface area contributed by atoms with Gasteiger partial charge in [0.15, 0.2) is 0 Å². The van der Waals surface area contributed by atoms with Gasteiger partial charge in [-0.3, -0.25) is 4.90 Å². The molecule has 2 aliphatic heterocycles. The van der Waals surface area contributed by atoms with Crippen LogP contribution in [0.3, 0.4) is 0 Å². The Balaban J connectivity index is 1.58. The molecule has 2 aliphatic rings. The molecule has 0 aromatic carbocycles. The van der Waals surface area contributed by atoms with Gasteiger partial charge in [-0.2, -0.15) is 0 Å². The number of rotatable bonds is 2. The van der Waals surface area contributed by atoms with E-state index in [1.807, 2.05) is 18.3 Å². The largest absolute Gasteiger partial charge is 0.378 e. The summed E-state index contributed by atoms with van der Waals surface area (Å²) in [6.45, 7) is 6.17.